The van der Waals surface area contributed by atoms with E-state index >= 15 is 0 Å². The summed E-state index contributed by atoms with van der Waals surface area (Å²) in [6, 6.07) is 3.37. The number of nitrogens with one attached hydrogen (secondary N) is 1. The Labute approximate surface area is 120 Å². The molecular formula is C12H17BrN2O2S. The lowest BCUT2D eigenvalue weighted by Crippen LogP contribution is -2.03. The number of hydrogen-bond donors (Lipinski definition) is 1. The first-order chi connectivity index (χ1) is 8.56. The number of benzene rings is 1. The summed E-state index contributed by atoms with van der Waals surface area (Å²) >= 11 is 5.21. The molecule has 0 bridgehead atoms. The number of nitrogens with zero attached hydrogens (tertiary/aromatic N) is 1. The predicted octanol–water partition coefficient (Wildman–Crippen LogP) is 4.22. The number of aryl methyl sites for hydroxylation is 1. The molecule has 0 heterocycles. The molecule has 6 heteroatoms. The molecule has 0 aromatic heterocycles. The number of halogens is 1. The van der Waals surface area contributed by atoms with Crippen LogP contribution in [0.15, 0.2) is 16.6 Å². The first-order valence-corrected chi connectivity index (χ1v) is 7.92. The van der Waals surface area contributed by atoms with Gasteiger partial charge in [0.15, 0.2) is 0 Å². The summed E-state index contributed by atoms with van der Waals surface area (Å²) in [6.45, 7) is 2.64. The third kappa shape index (κ3) is 4.49. The van der Waals surface area contributed by atoms with Crippen LogP contribution in [0.1, 0.15) is 18.4 Å². The Hall–Kier alpha value is -0.750. The molecule has 0 atom stereocenters. The minimum Gasteiger partial charge on any atom is -0.384 e. The van der Waals surface area contributed by atoms with Crippen molar-refractivity contribution in [2.45, 2.75) is 19.8 Å². The number of rotatable bonds is 7. The zero-order valence-corrected chi connectivity index (χ0v) is 12.9. The molecule has 0 unspecified atom stereocenters. The Morgan fingerprint density at radius 3 is 2.78 bits per heavy atom. The summed E-state index contributed by atoms with van der Waals surface area (Å²) in [5.41, 5.74) is 1.74. The van der Waals surface area contributed by atoms with Gasteiger partial charge in [-0.2, -0.15) is 11.8 Å². The van der Waals surface area contributed by atoms with Crippen molar-refractivity contribution in [3.63, 3.8) is 0 Å². The van der Waals surface area contributed by atoms with Crippen molar-refractivity contribution < 1.29 is 4.92 Å². The molecule has 1 aromatic rings. The first-order valence-electron chi connectivity index (χ1n) is 5.73. The van der Waals surface area contributed by atoms with Gasteiger partial charge in [-0.25, -0.2) is 0 Å². The number of thioether (sulfide) groups is 1. The summed E-state index contributed by atoms with van der Waals surface area (Å²) < 4.78 is 0.740. The summed E-state index contributed by atoms with van der Waals surface area (Å²) in [6.07, 6.45) is 4.38. The molecule has 1 N–H and O–H groups in total. The minimum absolute atomic E-state index is 0.148. The Morgan fingerprint density at radius 2 is 2.17 bits per heavy atom. The number of nitro benzene ring substituents is 1. The van der Waals surface area contributed by atoms with Crippen LogP contribution in [-0.2, 0) is 0 Å². The van der Waals surface area contributed by atoms with Gasteiger partial charge in [0.1, 0.15) is 0 Å². The van der Waals surface area contributed by atoms with Gasteiger partial charge in [-0.05, 0) is 53.8 Å². The monoisotopic (exact) mass is 332 g/mol. The SMILES string of the molecule is CSCCCCNc1cc(C)c([N+](=O)[O-])cc1Br. The molecule has 1 aromatic carbocycles. The average molecular weight is 333 g/mol. The van der Waals surface area contributed by atoms with E-state index in [4.69, 9.17) is 0 Å². The molecule has 0 radical (unpaired) electrons. The average Bonchev–Trinajstić information content (AvgIpc) is 2.32. The molecule has 1 rings (SSSR count). The Balaban J connectivity index is 2.62. The molecular weight excluding hydrogens is 316 g/mol. The third-order valence-electron chi connectivity index (χ3n) is 2.57. The molecule has 0 saturated heterocycles. The van der Waals surface area contributed by atoms with Gasteiger partial charge in [0.05, 0.1) is 4.92 Å². The highest BCUT2D eigenvalue weighted by molar-refractivity contribution is 9.10. The standard InChI is InChI=1S/C12H17BrN2O2S/c1-9-7-11(14-5-3-4-6-18-2)10(13)8-12(9)15(16)17/h7-8,14H,3-6H2,1-2H3. The molecule has 18 heavy (non-hydrogen) atoms. The minimum atomic E-state index is -0.359. The van der Waals surface area contributed by atoms with Crippen molar-refractivity contribution >= 4 is 39.1 Å². The summed E-state index contributed by atoms with van der Waals surface area (Å²) in [5.74, 6) is 1.17. The number of hydrogen-bond acceptors (Lipinski definition) is 4. The summed E-state index contributed by atoms with van der Waals surface area (Å²) in [7, 11) is 0. The Kier molecular flexibility index (Phi) is 6.49. The quantitative estimate of drug-likeness (QED) is 0.461. The van der Waals surface area contributed by atoms with E-state index in [1.807, 2.05) is 17.8 Å². The van der Waals surface area contributed by atoms with Crippen LogP contribution in [0.2, 0.25) is 0 Å². The van der Waals surface area contributed by atoms with Gasteiger partial charge in [0, 0.05) is 28.3 Å². The van der Waals surface area contributed by atoms with Crippen molar-refractivity contribution in [3.05, 3.63) is 32.3 Å². The Bertz CT molecular complexity index is 427. The maximum Gasteiger partial charge on any atom is 0.273 e. The van der Waals surface area contributed by atoms with E-state index in [9.17, 15) is 10.1 Å². The van der Waals surface area contributed by atoms with Crippen LogP contribution in [-0.4, -0.2) is 23.5 Å². The highest BCUT2D eigenvalue weighted by Gasteiger charge is 2.13. The number of unbranched alkanes of at least 4 members (excludes halogenated alkanes) is 1. The van der Waals surface area contributed by atoms with Gasteiger partial charge in [0.25, 0.3) is 5.69 Å². The maximum atomic E-state index is 10.8. The van der Waals surface area contributed by atoms with E-state index in [2.05, 4.69) is 27.5 Å². The molecule has 0 aliphatic carbocycles. The van der Waals surface area contributed by atoms with Gasteiger partial charge in [0.2, 0.25) is 0 Å². The van der Waals surface area contributed by atoms with Gasteiger partial charge in [-0.1, -0.05) is 0 Å². The van der Waals surface area contributed by atoms with E-state index in [1.54, 1.807) is 13.0 Å². The van der Waals surface area contributed by atoms with Crippen molar-refractivity contribution in [1.29, 1.82) is 0 Å². The molecule has 0 aliphatic rings. The van der Waals surface area contributed by atoms with Crippen LogP contribution in [0.3, 0.4) is 0 Å². The number of anilines is 1. The van der Waals surface area contributed by atoms with Crippen LogP contribution in [0.4, 0.5) is 11.4 Å². The molecule has 0 amide bonds. The third-order valence-corrected chi connectivity index (χ3v) is 3.93. The van der Waals surface area contributed by atoms with Crippen molar-refractivity contribution in [1.82, 2.24) is 0 Å². The van der Waals surface area contributed by atoms with Gasteiger partial charge in [-0.3, -0.25) is 10.1 Å². The molecule has 100 valence electrons. The lowest BCUT2D eigenvalue weighted by atomic mass is 10.2. The van der Waals surface area contributed by atoms with E-state index in [-0.39, 0.29) is 10.6 Å². The normalized spacial score (nSPS) is 10.4. The largest absolute Gasteiger partial charge is 0.384 e. The highest BCUT2D eigenvalue weighted by atomic mass is 79.9. The second kappa shape index (κ2) is 7.63. The predicted molar refractivity (Wildman–Crippen MR) is 81.6 cm³/mol. The lowest BCUT2D eigenvalue weighted by molar-refractivity contribution is -0.385. The second-order valence-corrected chi connectivity index (χ2v) is 5.84. The second-order valence-electron chi connectivity index (χ2n) is 4.00. The molecule has 0 spiro atoms. The van der Waals surface area contributed by atoms with Gasteiger partial charge < -0.3 is 5.32 Å². The van der Waals surface area contributed by atoms with Crippen LogP contribution in [0, 0.1) is 17.0 Å². The van der Waals surface area contributed by atoms with E-state index in [0.29, 0.717) is 5.56 Å². The van der Waals surface area contributed by atoms with Crippen molar-refractivity contribution in [3.8, 4) is 0 Å². The zero-order valence-electron chi connectivity index (χ0n) is 10.5. The molecule has 0 fully saturated rings. The van der Waals surface area contributed by atoms with E-state index < -0.39 is 0 Å². The van der Waals surface area contributed by atoms with Crippen molar-refractivity contribution in [2.24, 2.45) is 0 Å². The van der Waals surface area contributed by atoms with E-state index in [1.165, 1.54) is 12.2 Å². The first kappa shape index (κ1) is 15.3. The topological polar surface area (TPSA) is 55.2 Å². The fourth-order valence-electron chi connectivity index (χ4n) is 1.60. The van der Waals surface area contributed by atoms with Gasteiger partial charge >= 0.3 is 0 Å². The maximum absolute atomic E-state index is 10.8. The van der Waals surface area contributed by atoms with E-state index in [0.717, 1.165) is 23.1 Å². The Morgan fingerprint density at radius 1 is 1.44 bits per heavy atom. The molecule has 4 nitrogen and oxygen atoms in total. The molecule has 0 aliphatic heterocycles. The number of nitro groups is 1. The molecule has 0 saturated carbocycles. The van der Waals surface area contributed by atoms with Gasteiger partial charge in [-0.15, -0.1) is 0 Å². The summed E-state index contributed by atoms with van der Waals surface area (Å²) in [4.78, 5) is 10.4. The van der Waals surface area contributed by atoms with Crippen molar-refractivity contribution in [2.75, 3.05) is 23.9 Å². The van der Waals surface area contributed by atoms with Crippen LogP contribution < -0.4 is 5.32 Å². The fraction of sp³-hybridized carbons (Fsp3) is 0.500. The van der Waals surface area contributed by atoms with Crippen LogP contribution >= 0.6 is 27.7 Å². The smallest absolute Gasteiger partial charge is 0.273 e. The highest BCUT2D eigenvalue weighted by Crippen LogP contribution is 2.30. The van der Waals surface area contributed by atoms with Crippen LogP contribution in [0.25, 0.3) is 0 Å². The lowest BCUT2D eigenvalue weighted by Gasteiger charge is -2.09. The zero-order chi connectivity index (χ0) is 13.5. The fourth-order valence-corrected chi connectivity index (χ4v) is 2.56. The van der Waals surface area contributed by atoms with Crippen LogP contribution in [0.5, 0.6) is 0 Å². The summed E-state index contributed by atoms with van der Waals surface area (Å²) in [5, 5.41) is 14.1.